The zero-order valence-corrected chi connectivity index (χ0v) is 14.0. The van der Waals surface area contributed by atoms with Crippen molar-refractivity contribution in [3.63, 3.8) is 0 Å². The molecular weight excluding hydrogens is 378 g/mol. The summed E-state index contributed by atoms with van der Waals surface area (Å²) in [6.45, 7) is 0.281. The summed E-state index contributed by atoms with van der Waals surface area (Å²) in [7, 11) is 0. The lowest BCUT2D eigenvalue weighted by Gasteiger charge is -2.15. The highest BCUT2D eigenvalue weighted by Gasteiger charge is 2.15. The Balaban J connectivity index is 2.26. The van der Waals surface area contributed by atoms with Gasteiger partial charge in [-0.25, -0.2) is 9.59 Å². The Morgan fingerprint density at radius 1 is 1.08 bits per heavy atom. The van der Waals surface area contributed by atoms with Gasteiger partial charge in [-0.2, -0.15) is 0 Å². The summed E-state index contributed by atoms with van der Waals surface area (Å²) in [5.74, 6) is -2.35. The summed E-state index contributed by atoms with van der Waals surface area (Å²) >= 11 is 3.35. The van der Waals surface area contributed by atoms with Gasteiger partial charge in [0.2, 0.25) is 0 Å². The van der Waals surface area contributed by atoms with Gasteiger partial charge in [0.05, 0.1) is 16.2 Å². The van der Waals surface area contributed by atoms with E-state index >= 15 is 0 Å². The molecule has 7 heteroatoms. The van der Waals surface area contributed by atoms with Crippen molar-refractivity contribution in [1.82, 2.24) is 0 Å². The van der Waals surface area contributed by atoms with Crippen LogP contribution in [-0.2, 0) is 16.2 Å². The molecular formula is C17H14BrNO5. The number of nitrogens with one attached hydrogen (secondary N) is 1. The van der Waals surface area contributed by atoms with Crippen LogP contribution in [-0.4, -0.2) is 22.2 Å². The third-order valence-electron chi connectivity index (χ3n) is 2.96. The maximum Gasteiger partial charge on any atom is 0.352 e. The highest BCUT2D eigenvalue weighted by Crippen LogP contribution is 2.34. The minimum Gasteiger partial charge on any atom is -0.486 e. The highest BCUT2D eigenvalue weighted by atomic mass is 79.9. The number of carboxylic acid groups (broad SMARTS) is 2. The minimum atomic E-state index is -1.38. The molecule has 0 unspecified atom stereocenters. The van der Waals surface area contributed by atoms with Crippen LogP contribution in [0.25, 0.3) is 0 Å². The van der Waals surface area contributed by atoms with Gasteiger partial charge in [-0.15, -0.1) is 0 Å². The largest absolute Gasteiger partial charge is 0.486 e. The van der Waals surface area contributed by atoms with Crippen molar-refractivity contribution in [1.29, 1.82) is 0 Å². The molecule has 0 bridgehead atoms. The third kappa shape index (κ3) is 4.85. The molecule has 0 saturated heterocycles. The van der Waals surface area contributed by atoms with E-state index in [-0.39, 0.29) is 6.61 Å². The summed E-state index contributed by atoms with van der Waals surface area (Å²) in [5.41, 5.74) is 0.819. The molecule has 0 spiro atoms. The van der Waals surface area contributed by atoms with Crippen LogP contribution in [0.3, 0.4) is 0 Å². The molecule has 0 amide bonds. The maximum atomic E-state index is 11.2. The van der Waals surface area contributed by atoms with Crippen LogP contribution in [0.4, 0.5) is 5.69 Å². The van der Waals surface area contributed by atoms with Crippen LogP contribution in [0.5, 0.6) is 5.75 Å². The van der Waals surface area contributed by atoms with E-state index < -0.39 is 17.6 Å². The number of carbonyl (C=O) groups is 2. The van der Waals surface area contributed by atoms with E-state index in [4.69, 9.17) is 14.9 Å². The summed E-state index contributed by atoms with van der Waals surface area (Å²) < 4.78 is 6.38. The maximum absolute atomic E-state index is 11.2. The molecule has 2 rings (SSSR count). The third-order valence-corrected chi connectivity index (χ3v) is 3.58. The molecule has 0 radical (unpaired) electrons. The van der Waals surface area contributed by atoms with Crippen molar-refractivity contribution < 1.29 is 24.5 Å². The first-order valence-corrected chi connectivity index (χ1v) is 7.67. The molecule has 0 aromatic heterocycles. The molecule has 2 aromatic rings. The Morgan fingerprint density at radius 2 is 1.79 bits per heavy atom. The SMILES string of the molecule is O=C(O)C=C(Nc1cccc(Br)c1OCc1ccccc1)C(=O)O. The Labute approximate surface area is 146 Å². The number of rotatable bonds is 7. The highest BCUT2D eigenvalue weighted by molar-refractivity contribution is 9.10. The topological polar surface area (TPSA) is 95.9 Å². The molecule has 6 nitrogen and oxygen atoms in total. The average molecular weight is 392 g/mol. The number of para-hydroxylation sites is 1. The number of aliphatic carboxylic acids is 2. The Morgan fingerprint density at radius 3 is 2.42 bits per heavy atom. The minimum absolute atomic E-state index is 0.281. The zero-order chi connectivity index (χ0) is 17.5. The Bertz CT molecular complexity index is 774. The van der Waals surface area contributed by atoms with Gasteiger partial charge in [0.15, 0.2) is 5.75 Å². The van der Waals surface area contributed by atoms with E-state index in [1.807, 2.05) is 30.3 Å². The van der Waals surface area contributed by atoms with Crippen molar-refractivity contribution in [2.45, 2.75) is 6.61 Å². The first kappa shape index (κ1) is 17.6. The fourth-order valence-electron chi connectivity index (χ4n) is 1.90. The fourth-order valence-corrected chi connectivity index (χ4v) is 2.38. The number of halogens is 1. The number of benzene rings is 2. The Hall–Kier alpha value is -2.80. The van der Waals surface area contributed by atoms with Crippen LogP contribution >= 0.6 is 15.9 Å². The van der Waals surface area contributed by atoms with Gasteiger partial charge in [0, 0.05) is 0 Å². The molecule has 0 aliphatic heterocycles. The fraction of sp³-hybridized carbons (Fsp3) is 0.0588. The molecule has 124 valence electrons. The van der Waals surface area contributed by atoms with E-state index in [0.29, 0.717) is 22.0 Å². The van der Waals surface area contributed by atoms with E-state index in [1.165, 1.54) is 0 Å². The molecule has 2 aromatic carbocycles. The van der Waals surface area contributed by atoms with Crippen molar-refractivity contribution in [3.8, 4) is 5.75 Å². The van der Waals surface area contributed by atoms with Crippen LogP contribution in [0.2, 0.25) is 0 Å². The average Bonchev–Trinajstić information content (AvgIpc) is 2.54. The van der Waals surface area contributed by atoms with Gasteiger partial charge in [-0.3, -0.25) is 0 Å². The summed E-state index contributed by atoms with van der Waals surface area (Å²) in [5, 5.41) is 20.5. The van der Waals surface area contributed by atoms with Crippen LogP contribution < -0.4 is 10.1 Å². The molecule has 0 fully saturated rings. The summed E-state index contributed by atoms with van der Waals surface area (Å²) in [6, 6.07) is 14.5. The Kier molecular flexibility index (Phi) is 5.97. The zero-order valence-electron chi connectivity index (χ0n) is 12.4. The number of hydrogen-bond acceptors (Lipinski definition) is 4. The first-order chi connectivity index (χ1) is 11.5. The van der Waals surface area contributed by atoms with Crippen LogP contribution in [0.1, 0.15) is 5.56 Å². The second-order valence-electron chi connectivity index (χ2n) is 4.72. The second kappa shape index (κ2) is 8.16. The van der Waals surface area contributed by atoms with E-state index in [9.17, 15) is 9.59 Å². The van der Waals surface area contributed by atoms with Crippen LogP contribution in [0.15, 0.2) is 64.8 Å². The quantitative estimate of drug-likeness (QED) is 0.625. The molecule has 0 atom stereocenters. The monoisotopic (exact) mass is 391 g/mol. The molecule has 0 aliphatic carbocycles. The van der Waals surface area contributed by atoms with Gasteiger partial charge >= 0.3 is 11.9 Å². The molecule has 0 aliphatic rings. The van der Waals surface area contributed by atoms with Gasteiger partial charge in [0.1, 0.15) is 12.3 Å². The van der Waals surface area contributed by atoms with Crippen LogP contribution in [0, 0.1) is 0 Å². The van der Waals surface area contributed by atoms with Crippen molar-refractivity contribution >= 4 is 33.6 Å². The first-order valence-electron chi connectivity index (χ1n) is 6.87. The van der Waals surface area contributed by atoms with Crippen molar-refractivity contribution in [2.75, 3.05) is 5.32 Å². The molecule has 24 heavy (non-hydrogen) atoms. The lowest BCUT2D eigenvalue weighted by Crippen LogP contribution is -2.13. The van der Waals surface area contributed by atoms with Gasteiger partial charge in [-0.05, 0) is 33.6 Å². The number of carboxylic acids is 2. The standard InChI is InChI=1S/C17H14BrNO5/c18-12-7-4-8-13(19-14(17(22)23)9-15(20)21)16(12)24-10-11-5-2-1-3-6-11/h1-9,19H,10H2,(H,20,21)(H,22,23). The summed E-state index contributed by atoms with van der Waals surface area (Å²) in [4.78, 5) is 21.9. The lowest BCUT2D eigenvalue weighted by molar-refractivity contribution is -0.134. The number of ether oxygens (including phenoxy) is 1. The smallest absolute Gasteiger partial charge is 0.352 e. The van der Waals surface area contributed by atoms with E-state index in [1.54, 1.807) is 18.2 Å². The second-order valence-corrected chi connectivity index (χ2v) is 5.57. The van der Waals surface area contributed by atoms with Gasteiger partial charge in [0.25, 0.3) is 0 Å². The predicted octanol–water partition coefficient (Wildman–Crippen LogP) is 3.49. The van der Waals surface area contributed by atoms with Gasteiger partial charge in [-0.1, -0.05) is 36.4 Å². The summed E-state index contributed by atoms with van der Waals surface area (Å²) in [6.07, 6.45) is 0.588. The van der Waals surface area contributed by atoms with Gasteiger partial charge < -0.3 is 20.3 Å². The predicted molar refractivity (Wildman–Crippen MR) is 91.9 cm³/mol. The molecule has 0 heterocycles. The number of anilines is 1. The normalized spacial score (nSPS) is 11.0. The van der Waals surface area contributed by atoms with Crippen molar-refractivity contribution in [2.24, 2.45) is 0 Å². The van der Waals surface area contributed by atoms with E-state index in [0.717, 1.165) is 5.56 Å². The molecule has 0 saturated carbocycles. The van der Waals surface area contributed by atoms with Crippen molar-refractivity contribution in [3.05, 3.63) is 70.3 Å². The molecule has 3 N–H and O–H groups in total. The number of hydrogen-bond donors (Lipinski definition) is 3. The lowest BCUT2D eigenvalue weighted by atomic mass is 10.2. The van der Waals surface area contributed by atoms with E-state index in [2.05, 4.69) is 21.2 Å².